The first kappa shape index (κ1) is 22.9. The van der Waals surface area contributed by atoms with Crippen LogP contribution in [0.15, 0.2) is 64.0 Å². The van der Waals surface area contributed by atoms with Gasteiger partial charge in [-0.2, -0.15) is 0 Å². The maximum Gasteiger partial charge on any atom is 0.138 e. The molecule has 0 radical (unpaired) electrons. The molecule has 2 N–H and O–H groups in total. The third kappa shape index (κ3) is 5.89. The Balaban J connectivity index is 1.78. The summed E-state index contributed by atoms with van der Waals surface area (Å²) in [5, 5.41) is 6.71. The Hall–Kier alpha value is -2.78. The number of hydrogen-bond acceptors (Lipinski definition) is 5. The maximum atomic E-state index is 12.8. The highest BCUT2D eigenvalue weighted by atomic mass is 32.2. The van der Waals surface area contributed by atoms with E-state index in [0.717, 1.165) is 10.9 Å². The lowest BCUT2D eigenvalue weighted by Gasteiger charge is -2.12. The van der Waals surface area contributed by atoms with Gasteiger partial charge in [0, 0.05) is 17.6 Å². The van der Waals surface area contributed by atoms with Gasteiger partial charge < -0.3 is 9.47 Å². The molecule has 1 atom stereocenters. The van der Waals surface area contributed by atoms with Crippen LogP contribution in [0.5, 0.6) is 17.2 Å². The van der Waals surface area contributed by atoms with E-state index >= 15 is 0 Å². The summed E-state index contributed by atoms with van der Waals surface area (Å²) in [5.41, 5.74) is 0.730. The number of fused-ring (bicyclic) bond motifs is 1. The summed E-state index contributed by atoms with van der Waals surface area (Å²) < 4.78 is 53.2. The van der Waals surface area contributed by atoms with Gasteiger partial charge >= 0.3 is 0 Å². The predicted octanol–water partition coefficient (Wildman–Crippen LogP) is 5.07. The average molecular weight is 450 g/mol. The van der Waals surface area contributed by atoms with Gasteiger partial charge in [-0.3, -0.25) is 13.8 Å². The molecular weight excluding hydrogens is 424 g/mol. The molecule has 9 heteroatoms. The zero-order valence-corrected chi connectivity index (χ0v) is 18.0. The van der Waals surface area contributed by atoms with Gasteiger partial charge in [0.2, 0.25) is 0 Å². The molecule has 1 heterocycles. The van der Waals surface area contributed by atoms with E-state index in [9.17, 15) is 13.0 Å². The second-order valence-corrected chi connectivity index (χ2v) is 8.83. The summed E-state index contributed by atoms with van der Waals surface area (Å²) in [4.78, 5) is 4.65. The van der Waals surface area contributed by atoms with Crippen LogP contribution in [0.4, 0.5) is 8.78 Å². The van der Waals surface area contributed by atoms with Crippen LogP contribution >= 0.6 is 0 Å². The number of halogens is 2. The van der Waals surface area contributed by atoms with Crippen molar-refractivity contribution in [2.24, 2.45) is 15.4 Å². The summed E-state index contributed by atoms with van der Waals surface area (Å²) in [6.07, 6.45) is 1.98. The van der Waals surface area contributed by atoms with Crippen molar-refractivity contribution >= 4 is 20.8 Å². The van der Waals surface area contributed by atoms with Crippen molar-refractivity contribution in [2.75, 3.05) is 27.0 Å². The zero-order valence-electron chi connectivity index (χ0n) is 17.2. The van der Waals surface area contributed by atoms with Gasteiger partial charge in [0.15, 0.2) is 0 Å². The molecule has 3 rings (SSSR count). The smallest absolute Gasteiger partial charge is 0.138 e. The van der Waals surface area contributed by atoms with Crippen molar-refractivity contribution in [1.82, 2.24) is 4.98 Å². The van der Waals surface area contributed by atoms with E-state index in [1.165, 1.54) is 0 Å². The first-order valence-electron chi connectivity index (χ1n) is 9.80. The van der Waals surface area contributed by atoms with Crippen LogP contribution in [0.2, 0.25) is 0 Å². The summed E-state index contributed by atoms with van der Waals surface area (Å²) in [6, 6.07) is 13.7. The van der Waals surface area contributed by atoms with E-state index < -0.39 is 23.3 Å². The molecule has 0 amide bonds. The van der Waals surface area contributed by atoms with E-state index in [1.54, 1.807) is 43.6 Å². The normalized spacial score (nSPS) is 13.2. The minimum atomic E-state index is -3.17. The molecule has 0 spiro atoms. The molecule has 166 valence electrons. The Kier molecular flexibility index (Phi) is 7.75. The fraction of sp³-hybridized carbons (Fsp3) is 0.318. The maximum absolute atomic E-state index is 12.8. The summed E-state index contributed by atoms with van der Waals surface area (Å²) >= 11 is 0. The number of rotatable bonds is 10. The van der Waals surface area contributed by atoms with Gasteiger partial charge in [-0.05, 0) is 61.2 Å². The zero-order chi connectivity index (χ0) is 22.3. The van der Waals surface area contributed by atoms with Gasteiger partial charge in [0.1, 0.15) is 27.2 Å². The molecule has 0 fully saturated rings. The quantitative estimate of drug-likeness (QED) is 0.468. The number of alkyl halides is 2. The molecule has 0 saturated carbocycles. The second-order valence-electron chi connectivity index (χ2n) is 6.97. The molecular formula is C22H25F2N3O3S. The second kappa shape index (κ2) is 10.5. The number of benzene rings is 2. The Morgan fingerprint density at radius 3 is 2.39 bits per heavy atom. The van der Waals surface area contributed by atoms with Crippen molar-refractivity contribution in [2.45, 2.75) is 17.7 Å². The molecule has 6 nitrogen and oxygen atoms in total. The topological polar surface area (TPSA) is 86.8 Å². The number of aromatic nitrogens is 1. The van der Waals surface area contributed by atoms with Crippen LogP contribution < -0.4 is 14.6 Å². The SMILES string of the molecule is COc1ccc2c(Oc3ccc(S(N)(=O)=NCC(CCF)CCF)cc3)ccnc2c1. The Morgan fingerprint density at radius 1 is 1.06 bits per heavy atom. The molecule has 3 aromatic rings. The highest BCUT2D eigenvalue weighted by Gasteiger charge is 2.12. The number of pyridine rings is 1. The van der Waals surface area contributed by atoms with Crippen molar-refractivity contribution < 1.29 is 22.5 Å². The molecule has 0 bridgehead atoms. The fourth-order valence-corrected chi connectivity index (χ4v) is 4.18. The molecule has 0 aliphatic carbocycles. The van der Waals surface area contributed by atoms with E-state index in [-0.39, 0.29) is 25.3 Å². The van der Waals surface area contributed by atoms with E-state index in [2.05, 4.69) is 9.35 Å². The third-order valence-corrected chi connectivity index (χ3v) is 6.34. The largest absolute Gasteiger partial charge is 0.497 e. The number of nitrogens with zero attached hydrogens (tertiary/aromatic N) is 2. The summed E-state index contributed by atoms with van der Waals surface area (Å²) in [5.74, 6) is 1.51. The van der Waals surface area contributed by atoms with Crippen LogP contribution in [0.1, 0.15) is 12.8 Å². The van der Waals surface area contributed by atoms with Gasteiger partial charge in [-0.1, -0.05) is 0 Å². The molecule has 0 aliphatic rings. The summed E-state index contributed by atoms with van der Waals surface area (Å²) in [6.45, 7) is -1.10. The minimum absolute atomic E-state index is 0.0495. The van der Waals surface area contributed by atoms with Crippen molar-refractivity contribution in [3.8, 4) is 17.2 Å². The summed E-state index contributed by atoms with van der Waals surface area (Å²) in [7, 11) is -1.58. The van der Waals surface area contributed by atoms with Crippen molar-refractivity contribution in [1.29, 1.82) is 0 Å². The highest BCUT2D eigenvalue weighted by Crippen LogP contribution is 2.31. The Morgan fingerprint density at radius 2 is 1.74 bits per heavy atom. The molecule has 1 unspecified atom stereocenters. The Bertz CT molecular complexity index is 1130. The van der Waals surface area contributed by atoms with Crippen LogP contribution in [-0.4, -0.2) is 36.2 Å². The van der Waals surface area contributed by atoms with Gasteiger partial charge in [0.25, 0.3) is 0 Å². The molecule has 31 heavy (non-hydrogen) atoms. The van der Waals surface area contributed by atoms with E-state index in [0.29, 0.717) is 22.1 Å². The van der Waals surface area contributed by atoms with Crippen LogP contribution in [0.3, 0.4) is 0 Å². The molecule has 0 saturated heterocycles. The van der Waals surface area contributed by atoms with Crippen LogP contribution in [-0.2, 0) is 9.92 Å². The van der Waals surface area contributed by atoms with Crippen molar-refractivity contribution in [3.63, 3.8) is 0 Å². The van der Waals surface area contributed by atoms with Gasteiger partial charge in [-0.25, -0.2) is 13.7 Å². The number of methoxy groups -OCH3 is 1. The van der Waals surface area contributed by atoms with Crippen LogP contribution in [0, 0.1) is 5.92 Å². The first-order chi connectivity index (χ1) is 15.0. The standard InChI is InChI=1S/C22H25F2N3O3S/c1-29-18-4-7-20-21(14-18)26-13-10-22(20)30-17-2-5-19(6-3-17)31(25,28)27-15-16(8-11-23)9-12-24/h2-7,10,13-14,16H,8-9,11-12,15H2,1H3,(H2,25,27,28). The van der Waals surface area contributed by atoms with E-state index in [1.807, 2.05) is 18.2 Å². The minimum Gasteiger partial charge on any atom is -0.497 e. The number of nitrogens with two attached hydrogens (primary N) is 1. The fourth-order valence-electron chi connectivity index (χ4n) is 3.07. The molecule has 2 aromatic carbocycles. The van der Waals surface area contributed by atoms with Gasteiger partial charge in [-0.15, -0.1) is 0 Å². The van der Waals surface area contributed by atoms with Gasteiger partial charge in [0.05, 0.1) is 37.4 Å². The lowest BCUT2D eigenvalue weighted by molar-refractivity contribution is 0.338. The van der Waals surface area contributed by atoms with Crippen molar-refractivity contribution in [3.05, 3.63) is 54.7 Å². The number of hydrogen-bond donors (Lipinski definition) is 1. The van der Waals surface area contributed by atoms with E-state index in [4.69, 9.17) is 14.6 Å². The predicted molar refractivity (Wildman–Crippen MR) is 117 cm³/mol. The highest BCUT2D eigenvalue weighted by molar-refractivity contribution is 7.91. The Labute approximate surface area is 180 Å². The first-order valence-corrected chi connectivity index (χ1v) is 11.4. The van der Waals surface area contributed by atoms with Crippen LogP contribution in [0.25, 0.3) is 10.9 Å². The average Bonchev–Trinajstić information content (AvgIpc) is 2.78. The third-order valence-electron chi connectivity index (χ3n) is 4.86. The number of ether oxygens (including phenoxy) is 2. The lowest BCUT2D eigenvalue weighted by atomic mass is 10.0. The molecule has 0 aliphatic heterocycles. The monoisotopic (exact) mass is 449 g/mol. The lowest BCUT2D eigenvalue weighted by Crippen LogP contribution is -2.16. The molecule has 1 aromatic heterocycles.